The molecule has 1 unspecified atom stereocenters. The lowest BCUT2D eigenvalue weighted by Crippen LogP contribution is -2.42. The van der Waals surface area contributed by atoms with Crippen molar-refractivity contribution in [3.8, 4) is 0 Å². The first-order chi connectivity index (χ1) is 14.0. The predicted molar refractivity (Wildman–Crippen MR) is 103 cm³/mol. The van der Waals surface area contributed by atoms with E-state index in [1.54, 1.807) is 9.42 Å². The van der Waals surface area contributed by atoms with E-state index in [4.69, 9.17) is 4.74 Å². The van der Waals surface area contributed by atoms with Crippen molar-refractivity contribution in [2.24, 2.45) is 0 Å². The SMILES string of the molecule is CC.Cc1cc(C2CN(C(=O)c3ccc(C(F)F)cc3)CCO2)n2ncnc2n1. The van der Waals surface area contributed by atoms with Gasteiger partial charge in [-0.2, -0.15) is 14.6 Å². The maximum atomic E-state index is 12.8. The van der Waals surface area contributed by atoms with Crippen LogP contribution in [-0.4, -0.2) is 50.1 Å². The molecule has 1 fully saturated rings. The summed E-state index contributed by atoms with van der Waals surface area (Å²) in [7, 11) is 0. The topological polar surface area (TPSA) is 72.6 Å². The second-order valence-electron chi connectivity index (χ2n) is 6.33. The average molecular weight is 403 g/mol. The lowest BCUT2D eigenvalue weighted by Gasteiger charge is -2.33. The zero-order valence-electron chi connectivity index (χ0n) is 16.5. The average Bonchev–Trinajstić information content (AvgIpc) is 3.22. The summed E-state index contributed by atoms with van der Waals surface area (Å²) in [6.45, 7) is 6.97. The molecule has 4 rings (SSSR count). The summed E-state index contributed by atoms with van der Waals surface area (Å²) >= 11 is 0. The number of carbonyl (C=O) groups excluding carboxylic acids is 1. The molecule has 1 aliphatic heterocycles. The molecular formula is C20H23F2N5O2. The summed E-state index contributed by atoms with van der Waals surface area (Å²) in [4.78, 5) is 22.8. The quantitative estimate of drug-likeness (QED) is 0.668. The molecule has 1 amide bonds. The number of amides is 1. The van der Waals surface area contributed by atoms with Crippen LogP contribution in [0.1, 0.15) is 53.7 Å². The Hall–Kier alpha value is -2.94. The standard InChI is InChI=1S/C18H17F2N5O2.C2H6/c1-11-8-14(25-18(23-11)21-10-22-25)15-9-24(6-7-27-15)17(26)13-4-2-12(3-5-13)16(19)20;1-2/h2-5,8,10,15-16H,6-7,9H2,1H3;1-2H3. The third-order valence-corrected chi connectivity index (χ3v) is 4.50. The van der Waals surface area contributed by atoms with Gasteiger partial charge in [-0.1, -0.05) is 26.0 Å². The highest BCUT2D eigenvalue weighted by Crippen LogP contribution is 2.25. The van der Waals surface area contributed by atoms with Gasteiger partial charge in [0, 0.05) is 23.4 Å². The Bertz CT molecular complexity index is 975. The number of aryl methyl sites for hydroxylation is 1. The minimum atomic E-state index is -2.55. The van der Waals surface area contributed by atoms with E-state index in [1.165, 1.54) is 30.6 Å². The fourth-order valence-corrected chi connectivity index (χ4v) is 3.15. The third kappa shape index (κ3) is 4.40. The number of carbonyl (C=O) groups is 1. The minimum absolute atomic E-state index is 0.104. The largest absolute Gasteiger partial charge is 0.368 e. The lowest BCUT2D eigenvalue weighted by atomic mass is 10.1. The maximum Gasteiger partial charge on any atom is 0.263 e. The summed E-state index contributed by atoms with van der Waals surface area (Å²) in [6, 6.07) is 7.28. The van der Waals surface area contributed by atoms with E-state index in [2.05, 4.69) is 15.1 Å². The molecule has 2 aromatic heterocycles. The summed E-state index contributed by atoms with van der Waals surface area (Å²) < 4.78 is 32.8. The van der Waals surface area contributed by atoms with E-state index in [9.17, 15) is 13.6 Å². The van der Waals surface area contributed by atoms with Crippen molar-refractivity contribution in [1.82, 2.24) is 24.5 Å². The summed E-state index contributed by atoms with van der Waals surface area (Å²) in [6.07, 6.45) is -1.52. The Balaban J connectivity index is 0.00000117. The number of alkyl halides is 2. The number of rotatable bonds is 3. The van der Waals surface area contributed by atoms with Gasteiger partial charge in [-0.3, -0.25) is 4.79 Å². The number of hydrogen-bond donors (Lipinski definition) is 0. The molecule has 154 valence electrons. The summed E-state index contributed by atoms with van der Waals surface area (Å²) in [5, 5.41) is 4.18. The van der Waals surface area contributed by atoms with Crippen molar-refractivity contribution >= 4 is 11.7 Å². The van der Waals surface area contributed by atoms with Crippen molar-refractivity contribution in [1.29, 1.82) is 0 Å². The number of aromatic nitrogens is 4. The molecule has 29 heavy (non-hydrogen) atoms. The molecule has 3 aromatic rings. The van der Waals surface area contributed by atoms with Crippen LogP contribution in [-0.2, 0) is 4.74 Å². The molecule has 1 atom stereocenters. The zero-order valence-corrected chi connectivity index (χ0v) is 16.5. The first-order valence-corrected chi connectivity index (χ1v) is 9.49. The van der Waals surface area contributed by atoms with Gasteiger partial charge >= 0.3 is 0 Å². The van der Waals surface area contributed by atoms with Crippen molar-refractivity contribution in [2.45, 2.75) is 33.3 Å². The number of morpholine rings is 1. The van der Waals surface area contributed by atoms with Gasteiger partial charge < -0.3 is 9.64 Å². The fourth-order valence-electron chi connectivity index (χ4n) is 3.15. The Morgan fingerprint density at radius 1 is 1.24 bits per heavy atom. The molecule has 3 heterocycles. The smallest absolute Gasteiger partial charge is 0.263 e. The van der Waals surface area contributed by atoms with Gasteiger partial charge in [0.25, 0.3) is 18.1 Å². The molecule has 9 heteroatoms. The molecule has 1 aromatic carbocycles. The highest BCUT2D eigenvalue weighted by molar-refractivity contribution is 5.94. The molecule has 0 N–H and O–H groups in total. The zero-order chi connectivity index (χ0) is 21.0. The van der Waals surface area contributed by atoms with Crippen LogP contribution < -0.4 is 0 Å². The number of ether oxygens (including phenoxy) is 1. The van der Waals surface area contributed by atoms with Gasteiger partial charge in [0.2, 0.25) is 0 Å². The van der Waals surface area contributed by atoms with Crippen LogP contribution in [0.3, 0.4) is 0 Å². The van der Waals surface area contributed by atoms with E-state index >= 15 is 0 Å². The van der Waals surface area contributed by atoms with Crippen molar-refractivity contribution < 1.29 is 18.3 Å². The highest BCUT2D eigenvalue weighted by Gasteiger charge is 2.28. The van der Waals surface area contributed by atoms with E-state index in [0.717, 1.165) is 11.4 Å². The molecule has 0 saturated carbocycles. The molecule has 0 radical (unpaired) electrons. The predicted octanol–water partition coefficient (Wildman–Crippen LogP) is 3.61. The molecule has 7 nitrogen and oxygen atoms in total. The highest BCUT2D eigenvalue weighted by atomic mass is 19.3. The van der Waals surface area contributed by atoms with Gasteiger partial charge in [-0.05, 0) is 25.1 Å². The van der Waals surface area contributed by atoms with Gasteiger partial charge in [0.15, 0.2) is 0 Å². The van der Waals surface area contributed by atoms with Crippen LogP contribution in [0.4, 0.5) is 8.78 Å². The first-order valence-electron chi connectivity index (χ1n) is 9.49. The molecular weight excluding hydrogens is 380 g/mol. The minimum Gasteiger partial charge on any atom is -0.368 e. The number of benzene rings is 1. The van der Waals surface area contributed by atoms with Crippen LogP contribution in [0.15, 0.2) is 36.7 Å². The molecule has 0 bridgehead atoms. The first kappa shape index (κ1) is 20.8. The maximum absolute atomic E-state index is 12.8. The second-order valence-corrected chi connectivity index (χ2v) is 6.33. The Morgan fingerprint density at radius 2 is 1.97 bits per heavy atom. The normalized spacial score (nSPS) is 16.6. The van der Waals surface area contributed by atoms with Gasteiger partial charge in [-0.15, -0.1) is 0 Å². The molecule has 0 spiro atoms. The molecule has 1 aliphatic rings. The Kier molecular flexibility index (Phi) is 6.48. The van der Waals surface area contributed by atoms with Crippen LogP contribution in [0, 0.1) is 6.92 Å². The lowest BCUT2D eigenvalue weighted by molar-refractivity contribution is -0.0257. The van der Waals surface area contributed by atoms with Crippen LogP contribution in [0.25, 0.3) is 5.78 Å². The number of nitrogens with zero attached hydrogens (tertiary/aromatic N) is 5. The van der Waals surface area contributed by atoms with Crippen LogP contribution in [0.2, 0.25) is 0 Å². The van der Waals surface area contributed by atoms with E-state index in [1.807, 2.05) is 26.8 Å². The Morgan fingerprint density at radius 3 is 2.66 bits per heavy atom. The second kappa shape index (κ2) is 9.04. The monoisotopic (exact) mass is 403 g/mol. The van der Waals surface area contributed by atoms with Gasteiger partial charge in [-0.25, -0.2) is 13.8 Å². The van der Waals surface area contributed by atoms with Gasteiger partial charge in [0.05, 0.1) is 18.8 Å². The van der Waals surface area contributed by atoms with Gasteiger partial charge in [0.1, 0.15) is 12.4 Å². The summed E-state index contributed by atoms with van der Waals surface area (Å²) in [5.74, 6) is 0.254. The van der Waals surface area contributed by atoms with Crippen LogP contribution >= 0.6 is 0 Å². The molecule has 0 aliphatic carbocycles. The van der Waals surface area contributed by atoms with E-state index in [0.29, 0.717) is 31.0 Å². The van der Waals surface area contributed by atoms with Crippen molar-refractivity contribution in [3.05, 3.63) is 59.2 Å². The molecule has 1 saturated heterocycles. The van der Waals surface area contributed by atoms with E-state index in [-0.39, 0.29) is 17.6 Å². The fraction of sp³-hybridized carbons (Fsp3) is 0.400. The summed E-state index contributed by atoms with van der Waals surface area (Å²) in [5.41, 5.74) is 1.81. The Labute approximate surface area is 167 Å². The number of halogens is 2. The van der Waals surface area contributed by atoms with E-state index < -0.39 is 6.43 Å². The third-order valence-electron chi connectivity index (χ3n) is 4.50. The van der Waals surface area contributed by atoms with Crippen LogP contribution in [0.5, 0.6) is 0 Å². The number of hydrogen-bond acceptors (Lipinski definition) is 5. The van der Waals surface area contributed by atoms with Crippen molar-refractivity contribution in [3.63, 3.8) is 0 Å². The van der Waals surface area contributed by atoms with Crippen molar-refractivity contribution in [2.75, 3.05) is 19.7 Å². The number of fused-ring (bicyclic) bond motifs is 1.